The highest BCUT2D eigenvalue weighted by Crippen LogP contribution is 1.86. The Hall–Kier alpha value is -1.56. The van der Waals surface area contributed by atoms with Crippen molar-refractivity contribution in [2.75, 3.05) is 0 Å². The summed E-state index contributed by atoms with van der Waals surface area (Å²) in [6.07, 6.45) is 3.85. The average molecular weight is 136 g/mol. The zero-order chi connectivity index (χ0) is 7.98. The lowest BCUT2D eigenvalue weighted by atomic mass is 10.3. The quantitative estimate of drug-likeness (QED) is 0.341. The smallest absolute Gasteiger partial charge is 0.154 e. The molecule has 0 rings (SSSR count). The lowest BCUT2D eigenvalue weighted by molar-refractivity contribution is -0.112. The Morgan fingerprint density at radius 3 is 2.70 bits per heavy atom. The molecule has 3 heteroatoms. The van der Waals surface area contributed by atoms with Crippen LogP contribution in [0.4, 0.5) is 0 Å². The van der Waals surface area contributed by atoms with E-state index < -0.39 is 0 Å². The summed E-state index contributed by atoms with van der Waals surface area (Å²) in [5, 5.41) is 8.04. The van der Waals surface area contributed by atoms with Gasteiger partial charge in [-0.15, -0.1) is 0 Å². The monoisotopic (exact) mass is 136 g/mol. The van der Waals surface area contributed by atoms with Gasteiger partial charge in [0.1, 0.15) is 0 Å². The topological polar surface area (TPSA) is 66.9 Å². The molecule has 0 unspecified atom stereocenters. The number of nitrogens with zero attached hydrogens (tertiary/aromatic N) is 1. The van der Waals surface area contributed by atoms with Crippen molar-refractivity contribution in [3.05, 3.63) is 23.9 Å². The van der Waals surface area contributed by atoms with Crippen LogP contribution in [0.3, 0.4) is 0 Å². The minimum absolute atomic E-state index is 0.125. The summed E-state index contributed by atoms with van der Waals surface area (Å²) in [5.74, 6) is -0.125. The summed E-state index contributed by atoms with van der Waals surface area (Å²) in [7, 11) is 0. The van der Waals surface area contributed by atoms with Crippen molar-refractivity contribution in [3.63, 3.8) is 0 Å². The molecule has 0 aliphatic rings. The fraction of sp³-hybridized carbons (Fsp3) is 0.143. The fourth-order valence-corrected chi connectivity index (χ4v) is 0.416. The molecule has 52 valence electrons. The molecule has 3 nitrogen and oxygen atoms in total. The number of ketones is 1. The van der Waals surface area contributed by atoms with Gasteiger partial charge in [0.2, 0.25) is 0 Å². The standard InChI is InChI=1S/C7H8N2O/c1-6(10)5-7(9)3-2-4-8/h2-3,5H,9H2,1H3/b3-2+,7-5-. The minimum atomic E-state index is -0.125. The van der Waals surface area contributed by atoms with Crippen molar-refractivity contribution in [2.24, 2.45) is 5.73 Å². The van der Waals surface area contributed by atoms with Gasteiger partial charge in [0.15, 0.2) is 5.78 Å². The first-order valence-corrected chi connectivity index (χ1v) is 2.70. The van der Waals surface area contributed by atoms with Crippen molar-refractivity contribution in [1.29, 1.82) is 5.26 Å². The van der Waals surface area contributed by atoms with Crippen LogP contribution in [0.15, 0.2) is 23.9 Å². The molecule has 0 spiro atoms. The summed E-state index contributed by atoms with van der Waals surface area (Å²) in [4.78, 5) is 10.3. The molecule has 0 aromatic carbocycles. The summed E-state index contributed by atoms with van der Waals surface area (Å²) in [6, 6.07) is 1.76. The SMILES string of the molecule is CC(=O)/C=C(N)/C=C/C#N. The van der Waals surface area contributed by atoms with Gasteiger partial charge in [-0.05, 0) is 13.0 Å². The average Bonchev–Trinajstić information content (AvgIpc) is 1.82. The molecule has 0 heterocycles. The number of hydrogen-bond donors (Lipinski definition) is 1. The van der Waals surface area contributed by atoms with E-state index in [0.29, 0.717) is 5.70 Å². The van der Waals surface area contributed by atoms with E-state index >= 15 is 0 Å². The second kappa shape index (κ2) is 4.33. The largest absolute Gasteiger partial charge is 0.399 e. The first kappa shape index (κ1) is 8.44. The maximum Gasteiger partial charge on any atom is 0.154 e. The van der Waals surface area contributed by atoms with E-state index in [1.54, 1.807) is 6.07 Å². The van der Waals surface area contributed by atoms with Gasteiger partial charge in [0.25, 0.3) is 0 Å². The van der Waals surface area contributed by atoms with Gasteiger partial charge in [-0.25, -0.2) is 0 Å². The molecule has 0 atom stereocenters. The zero-order valence-electron chi connectivity index (χ0n) is 5.66. The second-order valence-electron chi connectivity index (χ2n) is 1.72. The molecule has 2 N–H and O–H groups in total. The van der Waals surface area contributed by atoms with Gasteiger partial charge >= 0.3 is 0 Å². The highest BCUT2D eigenvalue weighted by Gasteiger charge is 1.85. The Bertz CT molecular complexity index is 220. The highest BCUT2D eigenvalue weighted by atomic mass is 16.1. The number of allylic oxidation sites excluding steroid dienone is 3. The van der Waals surface area contributed by atoms with Crippen molar-refractivity contribution >= 4 is 5.78 Å². The predicted molar refractivity (Wildman–Crippen MR) is 37.7 cm³/mol. The maximum absolute atomic E-state index is 10.3. The molecule has 0 amide bonds. The van der Waals surface area contributed by atoms with E-state index in [9.17, 15) is 4.79 Å². The Kier molecular flexibility index (Phi) is 3.66. The van der Waals surface area contributed by atoms with Crippen LogP contribution in [0.25, 0.3) is 0 Å². The van der Waals surface area contributed by atoms with Crippen LogP contribution in [0.2, 0.25) is 0 Å². The lowest BCUT2D eigenvalue weighted by Gasteiger charge is -1.85. The fourth-order valence-electron chi connectivity index (χ4n) is 0.416. The highest BCUT2D eigenvalue weighted by molar-refractivity contribution is 5.88. The summed E-state index contributed by atoms with van der Waals surface area (Å²) >= 11 is 0. The van der Waals surface area contributed by atoms with Crippen molar-refractivity contribution in [1.82, 2.24) is 0 Å². The van der Waals surface area contributed by atoms with Crippen LogP contribution < -0.4 is 5.73 Å². The maximum atomic E-state index is 10.3. The summed E-state index contributed by atoms with van der Waals surface area (Å²) in [5.41, 5.74) is 5.56. The van der Waals surface area contributed by atoms with Crippen molar-refractivity contribution < 1.29 is 4.79 Å². The number of carbonyl (C=O) groups excluding carboxylic acids is 1. The number of carbonyl (C=O) groups is 1. The molecule has 0 bridgehead atoms. The van der Waals surface area contributed by atoms with Crippen LogP contribution in [0.1, 0.15) is 6.92 Å². The third-order valence-electron chi connectivity index (χ3n) is 0.720. The molecule has 0 saturated carbocycles. The molecule has 10 heavy (non-hydrogen) atoms. The van der Waals surface area contributed by atoms with Gasteiger partial charge < -0.3 is 5.73 Å². The van der Waals surface area contributed by atoms with Gasteiger partial charge in [-0.1, -0.05) is 0 Å². The molecule has 0 aromatic rings. The van der Waals surface area contributed by atoms with Crippen LogP contribution >= 0.6 is 0 Å². The van der Waals surface area contributed by atoms with E-state index in [1.807, 2.05) is 0 Å². The molecular weight excluding hydrogens is 128 g/mol. The van der Waals surface area contributed by atoms with Gasteiger partial charge in [0.05, 0.1) is 6.07 Å². The van der Waals surface area contributed by atoms with E-state index in [1.165, 1.54) is 25.2 Å². The lowest BCUT2D eigenvalue weighted by Crippen LogP contribution is -1.96. The summed E-state index contributed by atoms with van der Waals surface area (Å²) < 4.78 is 0. The first-order chi connectivity index (χ1) is 4.66. The van der Waals surface area contributed by atoms with Crippen molar-refractivity contribution in [3.8, 4) is 6.07 Å². The van der Waals surface area contributed by atoms with E-state index in [2.05, 4.69) is 0 Å². The van der Waals surface area contributed by atoms with E-state index in [0.717, 1.165) is 0 Å². The normalized spacial score (nSPS) is 11.4. The molecule has 0 saturated heterocycles. The van der Waals surface area contributed by atoms with Gasteiger partial charge in [-0.2, -0.15) is 5.26 Å². The van der Waals surface area contributed by atoms with E-state index in [-0.39, 0.29) is 5.78 Å². The van der Waals surface area contributed by atoms with Crippen LogP contribution in [0, 0.1) is 11.3 Å². The van der Waals surface area contributed by atoms with E-state index in [4.69, 9.17) is 11.0 Å². The zero-order valence-corrected chi connectivity index (χ0v) is 5.66. The molecule has 0 aliphatic heterocycles. The predicted octanol–water partition coefficient (Wildman–Crippen LogP) is 0.498. The Labute approximate surface area is 59.4 Å². The number of nitriles is 1. The molecule has 0 radical (unpaired) electrons. The third kappa shape index (κ3) is 4.60. The Balaban J connectivity index is 4.11. The first-order valence-electron chi connectivity index (χ1n) is 2.70. The molecular formula is C7H8N2O. The third-order valence-corrected chi connectivity index (χ3v) is 0.720. The van der Waals surface area contributed by atoms with Gasteiger partial charge in [-0.3, -0.25) is 4.79 Å². The number of nitrogens with two attached hydrogens (primary N) is 1. The van der Waals surface area contributed by atoms with Crippen LogP contribution in [-0.4, -0.2) is 5.78 Å². The molecule has 0 fully saturated rings. The molecule has 0 aromatic heterocycles. The minimum Gasteiger partial charge on any atom is -0.399 e. The Morgan fingerprint density at radius 1 is 1.70 bits per heavy atom. The Morgan fingerprint density at radius 2 is 2.30 bits per heavy atom. The number of hydrogen-bond acceptors (Lipinski definition) is 3. The van der Waals surface area contributed by atoms with Crippen molar-refractivity contribution in [2.45, 2.75) is 6.92 Å². The summed E-state index contributed by atoms with van der Waals surface area (Å²) in [6.45, 7) is 1.40. The number of rotatable bonds is 2. The van der Waals surface area contributed by atoms with Gasteiger partial charge in [0, 0.05) is 17.8 Å². The van der Waals surface area contributed by atoms with Crippen LogP contribution in [-0.2, 0) is 4.79 Å². The second-order valence-corrected chi connectivity index (χ2v) is 1.72. The van der Waals surface area contributed by atoms with Crippen LogP contribution in [0.5, 0.6) is 0 Å². The molecule has 0 aliphatic carbocycles.